The molecule has 1 aliphatic rings. The lowest BCUT2D eigenvalue weighted by Crippen LogP contribution is -2.43. The zero-order valence-corrected chi connectivity index (χ0v) is 43.5. The quantitative estimate of drug-likeness (QED) is 0.119. The third-order valence-corrected chi connectivity index (χ3v) is 15.4. The number of hydrogen-bond acceptors (Lipinski definition) is 1. The molecular formula is C65H68N5O+3. The largest absolute Gasteiger partial charge is 0.455 e. The second-order valence-electron chi connectivity index (χ2n) is 21.4. The van der Waals surface area contributed by atoms with Gasteiger partial charge >= 0.3 is 0 Å². The molecule has 0 saturated heterocycles. The molecule has 0 saturated carbocycles. The summed E-state index contributed by atoms with van der Waals surface area (Å²) in [6, 6.07) is 47.6. The summed E-state index contributed by atoms with van der Waals surface area (Å²) < 4.78 is 19.1. The van der Waals surface area contributed by atoms with E-state index < -0.39 is 0 Å². The average Bonchev–Trinajstić information content (AvgIpc) is 4.09. The molecule has 71 heavy (non-hydrogen) atoms. The molecule has 6 aromatic carbocycles. The second kappa shape index (κ2) is 18.1. The zero-order chi connectivity index (χ0) is 49.4. The molecule has 1 atom stereocenters. The van der Waals surface area contributed by atoms with Gasteiger partial charge in [0.2, 0.25) is 5.69 Å². The number of nitrogens with zero attached hydrogens (tertiary/aromatic N) is 5. The lowest BCUT2D eigenvalue weighted by Gasteiger charge is -2.25. The monoisotopic (exact) mass is 935 g/mol. The van der Waals surface area contributed by atoms with Crippen LogP contribution in [-0.2, 0) is 20.0 Å². The molecule has 0 spiro atoms. The topological polar surface area (TPSA) is 34.6 Å². The standard InChI is InChI=1S/C65H68N5O/c1-40(2)48-24-18-25-49(41(3)4)61(48)69-33-32-66(11)64(69)56-23-14-16-28-57(56)68-34-35-70(62-50(42(5)6)26-19-27-51(62)43(7)8)65(68)53-21-13-12-20-46(53)37-47-39-67-38-45(10)44(9)36-58(67)60-52(47)30-31-55-54-22-15-17-29-59(54)71-63(55)60/h12-36,38,40-43,47H,37,39H2,1-11H3/q+3. The van der Waals surface area contributed by atoms with Crippen molar-refractivity contribution >= 4 is 21.9 Å². The van der Waals surface area contributed by atoms with Crippen LogP contribution in [0.2, 0.25) is 0 Å². The Morgan fingerprint density at radius 2 is 1.21 bits per heavy atom. The highest BCUT2D eigenvalue weighted by molar-refractivity contribution is 6.10. The summed E-state index contributed by atoms with van der Waals surface area (Å²) in [5, 5.41) is 2.33. The maximum atomic E-state index is 6.85. The van der Waals surface area contributed by atoms with Crippen molar-refractivity contribution in [3.63, 3.8) is 0 Å². The highest BCUT2D eigenvalue weighted by atomic mass is 16.3. The van der Waals surface area contributed by atoms with Crippen molar-refractivity contribution < 1.29 is 18.1 Å². The lowest BCUT2D eigenvalue weighted by atomic mass is 9.82. The number of rotatable bonds is 11. The summed E-state index contributed by atoms with van der Waals surface area (Å²) in [7, 11) is 2.19. The summed E-state index contributed by atoms with van der Waals surface area (Å²) >= 11 is 0. The van der Waals surface area contributed by atoms with Gasteiger partial charge in [0.05, 0.1) is 18.2 Å². The molecule has 11 rings (SSSR count). The van der Waals surface area contributed by atoms with Crippen LogP contribution in [-0.4, -0.2) is 9.13 Å². The Kier molecular flexibility index (Phi) is 11.8. The van der Waals surface area contributed by atoms with E-state index in [1.165, 1.54) is 78.1 Å². The number of furan rings is 1. The van der Waals surface area contributed by atoms with Gasteiger partial charge in [0.1, 0.15) is 58.6 Å². The van der Waals surface area contributed by atoms with E-state index in [0.717, 1.165) is 52.4 Å². The summed E-state index contributed by atoms with van der Waals surface area (Å²) in [5.74, 6) is 3.78. The van der Waals surface area contributed by atoms with Gasteiger partial charge in [-0.25, -0.2) is 4.57 Å². The first-order valence-corrected chi connectivity index (χ1v) is 25.9. The molecule has 0 aliphatic carbocycles. The van der Waals surface area contributed by atoms with Gasteiger partial charge in [0.15, 0.2) is 12.7 Å². The first-order valence-electron chi connectivity index (χ1n) is 25.9. The Balaban J connectivity index is 1.15. The summed E-state index contributed by atoms with van der Waals surface area (Å²) in [6.07, 6.45) is 12.3. The van der Waals surface area contributed by atoms with E-state index in [0.29, 0.717) is 23.7 Å². The Bertz CT molecular complexity index is 3610. The fraction of sp³-hybridized carbons (Fsp3) is 0.277. The minimum absolute atomic E-state index is 0.181. The van der Waals surface area contributed by atoms with Crippen molar-refractivity contribution in [2.45, 2.75) is 112 Å². The number of para-hydroxylation sites is 4. The van der Waals surface area contributed by atoms with E-state index in [4.69, 9.17) is 4.42 Å². The van der Waals surface area contributed by atoms with Crippen molar-refractivity contribution in [1.82, 2.24) is 9.13 Å². The van der Waals surface area contributed by atoms with Crippen LogP contribution in [0.4, 0.5) is 0 Å². The second-order valence-corrected chi connectivity index (χ2v) is 21.4. The average molecular weight is 935 g/mol. The number of pyridine rings is 1. The van der Waals surface area contributed by atoms with Crippen molar-refractivity contribution in [2.75, 3.05) is 0 Å². The van der Waals surface area contributed by atoms with Gasteiger partial charge in [-0.05, 0) is 84.9 Å². The zero-order valence-electron chi connectivity index (χ0n) is 43.5. The maximum absolute atomic E-state index is 6.85. The third-order valence-electron chi connectivity index (χ3n) is 15.4. The molecule has 0 N–H and O–H groups in total. The fourth-order valence-corrected chi connectivity index (χ4v) is 11.7. The SMILES string of the molecule is Cc1cc2[n+](cc1C)CC(Cc1ccccc1-c1n(-c3ccccc3-c3n(-c4c(C(C)C)cccc4C(C)C)cc[n+]3C)cc[n+]1-c1c(C(C)C)cccc1C(C)C)c1ccc3c(oc4ccccc43)c1-2. The Labute approximate surface area is 420 Å². The van der Waals surface area contributed by atoms with E-state index in [1.807, 2.05) is 0 Å². The van der Waals surface area contributed by atoms with Crippen LogP contribution in [0.3, 0.4) is 0 Å². The third kappa shape index (κ3) is 7.74. The molecule has 0 amide bonds. The van der Waals surface area contributed by atoms with Crippen LogP contribution >= 0.6 is 0 Å². The molecule has 0 fully saturated rings. The fourth-order valence-electron chi connectivity index (χ4n) is 11.7. The van der Waals surface area contributed by atoms with Crippen molar-refractivity contribution in [3.8, 4) is 51.1 Å². The summed E-state index contributed by atoms with van der Waals surface area (Å²) in [4.78, 5) is 0. The molecule has 356 valence electrons. The van der Waals surface area contributed by atoms with Crippen LogP contribution in [0.25, 0.3) is 73.0 Å². The molecule has 10 aromatic rings. The van der Waals surface area contributed by atoms with Gasteiger partial charge in [-0.15, -0.1) is 0 Å². The molecule has 1 unspecified atom stereocenters. The van der Waals surface area contributed by atoms with E-state index in [-0.39, 0.29) is 5.92 Å². The summed E-state index contributed by atoms with van der Waals surface area (Å²) in [5.41, 5.74) is 21.0. The lowest BCUT2D eigenvalue weighted by molar-refractivity contribution is -0.691. The highest BCUT2D eigenvalue weighted by Crippen LogP contribution is 2.44. The smallest absolute Gasteiger partial charge is 0.299 e. The van der Waals surface area contributed by atoms with Crippen molar-refractivity contribution in [2.24, 2.45) is 7.05 Å². The predicted molar refractivity (Wildman–Crippen MR) is 290 cm³/mol. The van der Waals surface area contributed by atoms with Gasteiger partial charge in [-0.2, -0.15) is 18.3 Å². The van der Waals surface area contributed by atoms with Crippen LogP contribution in [0.15, 0.2) is 163 Å². The number of aryl methyl sites for hydroxylation is 3. The van der Waals surface area contributed by atoms with Gasteiger partial charge in [-0.1, -0.05) is 152 Å². The van der Waals surface area contributed by atoms with Crippen LogP contribution in [0.1, 0.15) is 129 Å². The van der Waals surface area contributed by atoms with Crippen LogP contribution in [0.5, 0.6) is 0 Å². The number of aromatic nitrogens is 5. The first-order chi connectivity index (χ1) is 34.3. The van der Waals surface area contributed by atoms with Crippen molar-refractivity contribution in [3.05, 3.63) is 203 Å². The van der Waals surface area contributed by atoms with Gasteiger partial charge in [0, 0.05) is 50.6 Å². The number of benzene rings is 6. The molecule has 1 aliphatic heterocycles. The van der Waals surface area contributed by atoms with E-state index in [9.17, 15) is 0 Å². The predicted octanol–water partition coefficient (Wildman–Crippen LogP) is 15.0. The van der Waals surface area contributed by atoms with Gasteiger partial charge in [-0.3, -0.25) is 0 Å². The molecule has 0 radical (unpaired) electrons. The van der Waals surface area contributed by atoms with E-state index in [1.54, 1.807) is 0 Å². The first kappa shape index (κ1) is 46.1. The molecule has 0 bridgehead atoms. The number of hydrogen-bond donors (Lipinski definition) is 0. The van der Waals surface area contributed by atoms with Crippen LogP contribution < -0.4 is 13.7 Å². The Morgan fingerprint density at radius 1 is 0.592 bits per heavy atom. The molecule has 4 aromatic heterocycles. The Morgan fingerprint density at radius 3 is 1.92 bits per heavy atom. The highest BCUT2D eigenvalue weighted by Gasteiger charge is 2.38. The van der Waals surface area contributed by atoms with Gasteiger partial charge < -0.3 is 4.42 Å². The van der Waals surface area contributed by atoms with E-state index in [2.05, 4.69) is 257 Å². The van der Waals surface area contributed by atoms with Crippen LogP contribution in [0, 0.1) is 13.8 Å². The Hall–Kier alpha value is -7.31. The minimum Gasteiger partial charge on any atom is -0.455 e. The maximum Gasteiger partial charge on any atom is 0.299 e. The number of imidazole rings is 2. The molecule has 5 heterocycles. The number of fused-ring (bicyclic) bond motifs is 7. The molecule has 6 heteroatoms. The van der Waals surface area contributed by atoms with E-state index >= 15 is 0 Å². The van der Waals surface area contributed by atoms with Crippen molar-refractivity contribution in [1.29, 1.82) is 0 Å². The summed E-state index contributed by atoms with van der Waals surface area (Å²) in [6.45, 7) is 23.9. The van der Waals surface area contributed by atoms with Gasteiger partial charge in [0.25, 0.3) is 11.6 Å². The minimum atomic E-state index is 0.181. The molecular weight excluding hydrogens is 867 g/mol. The molecule has 6 nitrogen and oxygen atoms in total. The normalized spacial score (nSPS) is 13.6.